The molecule has 0 aliphatic heterocycles. The van der Waals surface area contributed by atoms with Crippen LogP contribution in [0.1, 0.15) is 63.9 Å². The molecule has 0 radical (unpaired) electrons. The lowest BCUT2D eigenvalue weighted by Gasteiger charge is -2.05. The van der Waals surface area contributed by atoms with E-state index in [0.29, 0.717) is 5.02 Å². The van der Waals surface area contributed by atoms with E-state index in [1.165, 1.54) is 56.9 Å². The highest BCUT2D eigenvalue weighted by atomic mass is 35.5. The summed E-state index contributed by atoms with van der Waals surface area (Å²) in [4.78, 5) is 0. The molecule has 0 nitrogen and oxygen atoms in total. The molecular weight excluding hydrogens is 263 g/mol. The highest BCUT2D eigenvalue weighted by Crippen LogP contribution is 2.26. The SMILES string of the molecule is CCCCCCCCCCc1cccc(Cl)c1Cl. The van der Waals surface area contributed by atoms with Crippen molar-refractivity contribution in [3.63, 3.8) is 0 Å². The summed E-state index contributed by atoms with van der Waals surface area (Å²) in [5, 5.41) is 1.41. The minimum Gasteiger partial charge on any atom is -0.0827 e. The molecule has 0 aliphatic carbocycles. The summed E-state index contributed by atoms with van der Waals surface area (Å²) < 4.78 is 0. The summed E-state index contributed by atoms with van der Waals surface area (Å²) in [6.45, 7) is 2.26. The third-order valence-corrected chi connectivity index (χ3v) is 4.19. The van der Waals surface area contributed by atoms with Gasteiger partial charge in [0.15, 0.2) is 0 Å². The molecule has 0 N–H and O–H groups in total. The molecule has 0 bridgehead atoms. The topological polar surface area (TPSA) is 0 Å². The van der Waals surface area contributed by atoms with Crippen LogP contribution in [0.2, 0.25) is 10.0 Å². The zero-order chi connectivity index (χ0) is 13.2. The Morgan fingerprint density at radius 3 is 2.11 bits per heavy atom. The quantitative estimate of drug-likeness (QED) is 0.444. The number of unbranched alkanes of at least 4 members (excludes halogenated alkanes) is 7. The Balaban J connectivity index is 2.09. The van der Waals surface area contributed by atoms with Crippen LogP contribution in [-0.2, 0) is 6.42 Å². The Morgan fingerprint density at radius 2 is 1.44 bits per heavy atom. The molecule has 0 heterocycles. The first-order chi connectivity index (χ1) is 8.75. The van der Waals surface area contributed by atoms with E-state index in [0.717, 1.165) is 11.4 Å². The van der Waals surface area contributed by atoms with Crippen molar-refractivity contribution in [2.75, 3.05) is 0 Å². The first-order valence-corrected chi connectivity index (χ1v) is 7.94. The molecule has 0 atom stereocenters. The second-order valence-electron chi connectivity index (χ2n) is 4.94. The minimum absolute atomic E-state index is 0.675. The van der Waals surface area contributed by atoms with Gasteiger partial charge in [-0.3, -0.25) is 0 Å². The van der Waals surface area contributed by atoms with E-state index in [2.05, 4.69) is 13.0 Å². The second kappa shape index (κ2) is 9.69. The smallest absolute Gasteiger partial charge is 0.0624 e. The average Bonchev–Trinajstić information content (AvgIpc) is 2.37. The fourth-order valence-corrected chi connectivity index (χ4v) is 2.61. The molecule has 2 heteroatoms. The molecule has 102 valence electrons. The largest absolute Gasteiger partial charge is 0.0827 e. The Labute approximate surface area is 122 Å². The van der Waals surface area contributed by atoms with E-state index in [1.807, 2.05) is 12.1 Å². The first kappa shape index (κ1) is 15.9. The van der Waals surface area contributed by atoms with Gasteiger partial charge in [-0.05, 0) is 24.5 Å². The fourth-order valence-electron chi connectivity index (χ4n) is 2.19. The zero-order valence-corrected chi connectivity index (χ0v) is 12.9. The van der Waals surface area contributed by atoms with Crippen LogP contribution in [0.4, 0.5) is 0 Å². The molecule has 0 spiro atoms. The average molecular weight is 287 g/mol. The third kappa shape index (κ3) is 6.11. The molecule has 0 unspecified atom stereocenters. The van der Waals surface area contributed by atoms with Gasteiger partial charge in [-0.15, -0.1) is 0 Å². The monoisotopic (exact) mass is 286 g/mol. The van der Waals surface area contributed by atoms with Gasteiger partial charge in [0.05, 0.1) is 10.0 Å². The van der Waals surface area contributed by atoms with Crippen LogP contribution in [0.5, 0.6) is 0 Å². The minimum atomic E-state index is 0.675. The molecule has 0 fully saturated rings. The maximum Gasteiger partial charge on any atom is 0.0624 e. The molecule has 0 amide bonds. The van der Waals surface area contributed by atoms with Gasteiger partial charge in [0.25, 0.3) is 0 Å². The van der Waals surface area contributed by atoms with Gasteiger partial charge in [-0.25, -0.2) is 0 Å². The van der Waals surface area contributed by atoms with Crippen LogP contribution >= 0.6 is 23.2 Å². The molecule has 1 aromatic rings. The van der Waals surface area contributed by atoms with Gasteiger partial charge >= 0.3 is 0 Å². The van der Waals surface area contributed by atoms with Crippen molar-refractivity contribution in [1.29, 1.82) is 0 Å². The molecule has 1 rings (SSSR count). The lowest BCUT2D eigenvalue weighted by atomic mass is 10.0. The lowest BCUT2D eigenvalue weighted by molar-refractivity contribution is 0.575. The maximum absolute atomic E-state index is 6.16. The summed E-state index contributed by atoms with van der Waals surface area (Å²) in [5.41, 5.74) is 1.19. The number of hydrogen-bond donors (Lipinski definition) is 0. The number of rotatable bonds is 9. The van der Waals surface area contributed by atoms with Crippen LogP contribution < -0.4 is 0 Å². The summed E-state index contributed by atoms with van der Waals surface area (Å²) in [5.74, 6) is 0. The van der Waals surface area contributed by atoms with Crippen LogP contribution in [0, 0.1) is 0 Å². The Bertz CT molecular complexity index is 334. The summed E-state index contributed by atoms with van der Waals surface area (Å²) in [6.07, 6.45) is 11.8. The highest BCUT2D eigenvalue weighted by molar-refractivity contribution is 6.42. The van der Waals surface area contributed by atoms with Gasteiger partial charge in [0.2, 0.25) is 0 Å². The van der Waals surface area contributed by atoms with Gasteiger partial charge < -0.3 is 0 Å². The second-order valence-corrected chi connectivity index (χ2v) is 5.72. The predicted molar refractivity (Wildman–Crippen MR) is 82.8 cm³/mol. The molecule has 0 aromatic heterocycles. The van der Waals surface area contributed by atoms with Crippen molar-refractivity contribution in [2.45, 2.75) is 64.7 Å². The predicted octanol–water partition coefficient (Wildman–Crippen LogP) is 6.68. The van der Waals surface area contributed by atoms with Crippen molar-refractivity contribution in [3.8, 4) is 0 Å². The van der Waals surface area contributed by atoms with Crippen molar-refractivity contribution in [3.05, 3.63) is 33.8 Å². The zero-order valence-electron chi connectivity index (χ0n) is 11.4. The van der Waals surface area contributed by atoms with E-state index < -0.39 is 0 Å². The number of benzene rings is 1. The molecule has 0 saturated heterocycles. The Hall–Kier alpha value is -0.200. The first-order valence-electron chi connectivity index (χ1n) is 7.18. The van der Waals surface area contributed by atoms with Gasteiger partial charge in [-0.1, -0.05) is 87.2 Å². The highest BCUT2D eigenvalue weighted by Gasteiger charge is 2.03. The van der Waals surface area contributed by atoms with Crippen molar-refractivity contribution < 1.29 is 0 Å². The van der Waals surface area contributed by atoms with E-state index >= 15 is 0 Å². The van der Waals surface area contributed by atoms with Gasteiger partial charge in [0, 0.05) is 0 Å². The summed E-state index contributed by atoms with van der Waals surface area (Å²) in [7, 11) is 0. The molecular formula is C16H24Cl2. The number of aryl methyl sites for hydroxylation is 1. The normalized spacial score (nSPS) is 10.8. The number of hydrogen-bond acceptors (Lipinski definition) is 0. The van der Waals surface area contributed by atoms with Gasteiger partial charge in [0.1, 0.15) is 0 Å². The van der Waals surface area contributed by atoms with Gasteiger partial charge in [-0.2, -0.15) is 0 Å². The Morgan fingerprint density at radius 1 is 0.833 bits per heavy atom. The number of halogens is 2. The van der Waals surface area contributed by atoms with Crippen LogP contribution in [0.15, 0.2) is 18.2 Å². The van der Waals surface area contributed by atoms with Crippen molar-refractivity contribution in [2.24, 2.45) is 0 Å². The van der Waals surface area contributed by atoms with Crippen LogP contribution in [0.3, 0.4) is 0 Å². The van der Waals surface area contributed by atoms with E-state index in [1.54, 1.807) is 0 Å². The van der Waals surface area contributed by atoms with Crippen LogP contribution in [-0.4, -0.2) is 0 Å². The van der Waals surface area contributed by atoms with Crippen molar-refractivity contribution >= 4 is 23.2 Å². The lowest BCUT2D eigenvalue weighted by Crippen LogP contribution is -1.88. The molecule has 0 saturated carbocycles. The standard InChI is InChI=1S/C16H24Cl2/c1-2-3-4-5-6-7-8-9-11-14-12-10-13-15(17)16(14)18/h10,12-13H,2-9,11H2,1H3. The summed E-state index contributed by atoms with van der Waals surface area (Å²) in [6, 6.07) is 5.91. The molecule has 1 aromatic carbocycles. The van der Waals surface area contributed by atoms with E-state index in [4.69, 9.17) is 23.2 Å². The Kier molecular flexibility index (Phi) is 8.54. The summed E-state index contributed by atoms with van der Waals surface area (Å²) >= 11 is 12.2. The van der Waals surface area contributed by atoms with Crippen molar-refractivity contribution in [1.82, 2.24) is 0 Å². The molecule has 18 heavy (non-hydrogen) atoms. The van der Waals surface area contributed by atoms with Crippen LogP contribution in [0.25, 0.3) is 0 Å². The maximum atomic E-state index is 6.16. The fraction of sp³-hybridized carbons (Fsp3) is 0.625. The third-order valence-electron chi connectivity index (χ3n) is 3.33. The molecule has 0 aliphatic rings. The van der Waals surface area contributed by atoms with E-state index in [9.17, 15) is 0 Å². The van der Waals surface area contributed by atoms with E-state index in [-0.39, 0.29) is 0 Å².